The normalized spacial score (nSPS) is 6.55. The first kappa shape index (κ1) is 9.27. The molecule has 0 unspecified atom stereocenters. The number of amides is 1. The molecule has 1 amide bonds. The van der Waals surface area contributed by atoms with E-state index in [1.165, 1.54) is 0 Å². The first-order chi connectivity index (χ1) is 5.41. The van der Waals surface area contributed by atoms with Gasteiger partial charge in [-0.15, -0.1) is 4.99 Å². The molecule has 56 valence electrons. The average molecular weight is 149 g/mol. The molecule has 0 bridgehead atoms. The van der Waals surface area contributed by atoms with E-state index >= 15 is 0 Å². The highest BCUT2D eigenvalue weighted by Gasteiger charge is 1.57. The van der Waals surface area contributed by atoms with Crippen LogP contribution in [0.2, 0.25) is 0 Å². The smallest absolute Gasteiger partial charge is 0.243 e. The van der Waals surface area contributed by atoms with Crippen LogP contribution >= 0.6 is 0 Å². The lowest BCUT2D eigenvalue weighted by Gasteiger charge is -1.69. The monoisotopic (exact) mass is 149 g/mol. The molecule has 0 aliphatic carbocycles. The molecule has 0 heterocycles. The molecule has 1 aromatic rings. The summed E-state index contributed by atoms with van der Waals surface area (Å²) in [6.07, 6.45) is 1.16. The van der Waals surface area contributed by atoms with Crippen LogP contribution in [0.1, 0.15) is 0 Å². The maximum absolute atomic E-state index is 8.98. The Hall–Kier alpha value is -1.73. The van der Waals surface area contributed by atoms with Gasteiger partial charge in [-0.1, -0.05) is 36.4 Å². The molecule has 3 heteroatoms. The van der Waals surface area contributed by atoms with Crippen LogP contribution in [-0.4, -0.2) is 12.5 Å². The Balaban J connectivity index is 0.000000187. The van der Waals surface area contributed by atoms with Gasteiger partial charge < -0.3 is 0 Å². The van der Waals surface area contributed by atoms with Gasteiger partial charge in [-0.25, -0.2) is 4.79 Å². The van der Waals surface area contributed by atoms with Crippen LogP contribution < -0.4 is 0 Å². The van der Waals surface area contributed by atoms with Gasteiger partial charge in [-0.05, 0) is 0 Å². The summed E-state index contributed by atoms with van der Waals surface area (Å²) in [7, 11) is 0. The number of hydrogen-bond acceptors (Lipinski definition) is 2. The Morgan fingerprint density at radius 3 is 1.45 bits per heavy atom. The third-order valence-corrected chi connectivity index (χ3v) is 0.772. The lowest BCUT2D eigenvalue weighted by atomic mass is 10.4. The van der Waals surface area contributed by atoms with Crippen molar-refractivity contribution in [3.63, 3.8) is 0 Å². The lowest BCUT2D eigenvalue weighted by molar-refractivity contribution is -0.106. The van der Waals surface area contributed by atoms with E-state index in [2.05, 4.69) is 4.99 Å². The molecule has 0 fully saturated rings. The standard InChI is InChI=1S/C6H6.C2HNO2/c1-2-4-6-5-3-1;4-1-3-2-5/h1-6H;1H. The quantitative estimate of drug-likeness (QED) is 0.342. The molecular weight excluding hydrogens is 142 g/mol. The van der Waals surface area contributed by atoms with Crippen molar-refractivity contribution < 1.29 is 9.59 Å². The van der Waals surface area contributed by atoms with Crippen LogP contribution in [0.25, 0.3) is 0 Å². The number of nitrogens with zero attached hydrogens (tertiary/aromatic N) is 1. The fourth-order valence-electron chi connectivity index (χ4n) is 0.406. The minimum Gasteiger partial charge on any atom is -0.276 e. The minimum absolute atomic E-state index is 0.132. The second-order valence-electron chi connectivity index (χ2n) is 1.48. The second kappa shape index (κ2) is 8.27. The molecule has 0 radical (unpaired) electrons. The third-order valence-electron chi connectivity index (χ3n) is 0.772. The number of carbonyl (C=O) groups is 1. The molecule has 0 atom stereocenters. The zero-order valence-electron chi connectivity index (χ0n) is 5.81. The van der Waals surface area contributed by atoms with E-state index in [1.54, 1.807) is 0 Å². The molecule has 1 aromatic carbocycles. The summed E-state index contributed by atoms with van der Waals surface area (Å²) in [5.74, 6) is 0. The van der Waals surface area contributed by atoms with E-state index in [9.17, 15) is 0 Å². The topological polar surface area (TPSA) is 46.5 Å². The van der Waals surface area contributed by atoms with E-state index in [0.29, 0.717) is 0 Å². The van der Waals surface area contributed by atoms with Gasteiger partial charge in [-0.2, -0.15) is 0 Å². The van der Waals surface area contributed by atoms with Gasteiger partial charge in [0.1, 0.15) is 0 Å². The zero-order valence-corrected chi connectivity index (χ0v) is 5.81. The summed E-state index contributed by atoms with van der Waals surface area (Å²) >= 11 is 0. The maximum Gasteiger partial charge on any atom is 0.243 e. The highest BCUT2D eigenvalue weighted by Crippen LogP contribution is 1.79. The molecule has 0 N–H and O–H groups in total. The van der Waals surface area contributed by atoms with Gasteiger partial charge in [0.25, 0.3) is 0 Å². The van der Waals surface area contributed by atoms with E-state index in [-0.39, 0.29) is 6.41 Å². The van der Waals surface area contributed by atoms with Crippen LogP contribution in [0.5, 0.6) is 0 Å². The van der Waals surface area contributed by atoms with Crippen LogP contribution in [0.4, 0.5) is 0 Å². The highest BCUT2D eigenvalue weighted by atomic mass is 16.1. The van der Waals surface area contributed by atoms with Gasteiger partial charge in [-0.3, -0.25) is 4.79 Å². The van der Waals surface area contributed by atoms with Crippen molar-refractivity contribution in [1.29, 1.82) is 0 Å². The van der Waals surface area contributed by atoms with Crippen molar-refractivity contribution >= 4 is 12.5 Å². The van der Waals surface area contributed by atoms with Gasteiger partial charge in [0.2, 0.25) is 12.5 Å². The molecule has 0 aliphatic heterocycles. The third kappa shape index (κ3) is 8.27. The van der Waals surface area contributed by atoms with Crippen molar-refractivity contribution in [2.75, 3.05) is 0 Å². The summed E-state index contributed by atoms with van der Waals surface area (Å²) in [6, 6.07) is 12.0. The maximum atomic E-state index is 8.98. The van der Waals surface area contributed by atoms with Crippen LogP contribution in [-0.2, 0) is 9.59 Å². The zero-order chi connectivity index (χ0) is 8.36. The van der Waals surface area contributed by atoms with Crippen molar-refractivity contribution in [2.24, 2.45) is 4.99 Å². The van der Waals surface area contributed by atoms with E-state index in [0.717, 1.165) is 6.08 Å². The van der Waals surface area contributed by atoms with Gasteiger partial charge in [0, 0.05) is 0 Å². The predicted octanol–water partition coefficient (Wildman–Crippen LogP) is 1.17. The van der Waals surface area contributed by atoms with Crippen molar-refractivity contribution in [3.05, 3.63) is 36.4 Å². The molecule has 0 spiro atoms. The SMILES string of the molecule is O=C=NC=O.c1ccccc1. The van der Waals surface area contributed by atoms with E-state index in [4.69, 9.17) is 9.59 Å². The summed E-state index contributed by atoms with van der Waals surface area (Å²) in [5, 5.41) is 0. The largest absolute Gasteiger partial charge is 0.276 e. The summed E-state index contributed by atoms with van der Waals surface area (Å²) in [6.45, 7) is 0. The molecule has 0 aromatic heterocycles. The van der Waals surface area contributed by atoms with Crippen molar-refractivity contribution in [1.82, 2.24) is 0 Å². The second-order valence-corrected chi connectivity index (χ2v) is 1.48. The van der Waals surface area contributed by atoms with Crippen LogP contribution in [0, 0.1) is 0 Å². The number of hydrogen-bond donors (Lipinski definition) is 0. The number of rotatable bonds is 1. The van der Waals surface area contributed by atoms with Crippen molar-refractivity contribution in [3.8, 4) is 0 Å². The lowest BCUT2D eigenvalue weighted by Crippen LogP contribution is -1.52. The number of carbonyl (C=O) groups excluding carboxylic acids is 2. The first-order valence-electron chi connectivity index (χ1n) is 2.92. The molecule has 11 heavy (non-hydrogen) atoms. The van der Waals surface area contributed by atoms with Gasteiger partial charge >= 0.3 is 0 Å². The summed E-state index contributed by atoms with van der Waals surface area (Å²) < 4.78 is 0. The fraction of sp³-hybridized carbons (Fsp3) is 0. The van der Waals surface area contributed by atoms with E-state index in [1.807, 2.05) is 36.4 Å². The number of aliphatic imine (C=N–C) groups is 1. The van der Waals surface area contributed by atoms with Crippen molar-refractivity contribution in [2.45, 2.75) is 0 Å². The molecule has 0 saturated heterocycles. The van der Waals surface area contributed by atoms with Crippen LogP contribution in [0.15, 0.2) is 41.4 Å². The molecule has 3 nitrogen and oxygen atoms in total. The minimum atomic E-state index is 0.132. The summed E-state index contributed by atoms with van der Waals surface area (Å²) in [5.41, 5.74) is 0. The number of benzene rings is 1. The van der Waals surface area contributed by atoms with Gasteiger partial charge in [0.15, 0.2) is 0 Å². The molecule has 0 aliphatic rings. The van der Waals surface area contributed by atoms with Crippen LogP contribution in [0.3, 0.4) is 0 Å². The Morgan fingerprint density at radius 2 is 1.36 bits per heavy atom. The summed E-state index contributed by atoms with van der Waals surface area (Å²) in [4.78, 5) is 20.3. The van der Waals surface area contributed by atoms with E-state index < -0.39 is 0 Å². The predicted molar refractivity (Wildman–Crippen MR) is 40.6 cm³/mol. The van der Waals surface area contributed by atoms with Gasteiger partial charge in [0.05, 0.1) is 0 Å². The molecule has 0 saturated carbocycles. The fourth-order valence-corrected chi connectivity index (χ4v) is 0.406. The molecular formula is C8H7NO2. The Labute approximate surface area is 64.4 Å². The number of isocyanates is 1. The first-order valence-corrected chi connectivity index (χ1v) is 2.92. The molecule has 1 rings (SSSR count). The Morgan fingerprint density at radius 1 is 1.00 bits per heavy atom. The average Bonchev–Trinajstić information content (AvgIpc) is 2.10. The highest BCUT2D eigenvalue weighted by molar-refractivity contribution is 5.58. The Bertz CT molecular complexity index is 200. The Kier molecular flexibility index (Phi) is 6.97.